The molecule has 0 saturated heterocycles. The maximum Gasteiger partial charge on any atom is 0.0316 e. The molecule has 2 atom stereocenters. The zero-order chi connectivity index (χ0) is 11.2. The molecular weight excluding hydrogens is 196 g/mol. The van der Waals surface area contributed by atoms with Gasteiger partial charge in [-0.2, -0.15) is 0 Å². The predicted octanol–water partition coefficient (Wildman–Crippen LogP) is 2.13. The van der Waals surface area contributed by atoms with Gasteiger partial charge in [-0.1, -0.05) is 37.6 Å². The molecular formula is C14H20N2. The van der Waals surface area contributed by atoms with Crippen molar-refractivity contribution in [3.63, 3.8) is 0 Å². The number of hydrogen-bond donors (Lipinski definition) is 1. The van der Waals surface area contributed by atoms with Gasteiger partial charge in [-0.3, -0.25) is 4.90 Å². The third-order valence-electron chi connectivity index (χ3n) is 4.20. The minimum atomic E-state index is 0.122. The summed E-state index contributed by atoms with van der Waals surface area (Å²) in [5.41, 5.74) is 9.47. The Hall–Kier alpha value is -0.860. The van der Waals surface area contributed by atoms with E-state index in [-0.39, 0.29) is 5.54 Å². The normalized spacial score (nSPS) is 32.8. The second kappa shape index (κ2) is 3.57. The van der Waals surface area contributed by atoms with Crippen molar-refractivity contribution in [2.75, 3.05) is 6.54 Å². The van der Waals surface area contributed by atoms with Crippen molar-refractivity contribution in [3.05, 3.63) is 35.4 Å². The quantitative estimate of drug-likeness (QED) is 0.838. The summed E-state index contributed by atoms with van der Waals surface area (Å²) in [4.78, 5) is 2.50. The van der Waals surface area contributed by atoms with Gasteiger partial charge in [-0.15, -0.1) is 0 Å². The molecule has 1 saturated carbocycles. The van der Waals surface area contributed by atoms with E-state index in [0.29, 0.717) is 0 Å². The van der Waals surface area contributed by atoms with E-state index >= 15 is 0 Å². The van der Waals surface area contributed by atoms with Crippen molar-refractivity contribution >= 4 is 0 Å². The third-order valence-corrected chi connectivity index (χ3v) is 4.20. The molecule has 2 heteroatoms. The van der Waals surface area contributed by atoms with Crippen molar-refractivity contribution in [2.45, 2.75) is 38.4 Å². The lowest BCUT2D eigenvalue weighted by Crippen LogP contribution is -2.38. The molecule has 3 rings (SSSR count). The molecule has 1 aromatic carbocycles. The zero-order valence-corrected chi connectivity index (χ0v) is 9.95. The lowest BCUT2D eigenvalue weighted by molar-refractivity contribution is 0.250. The minimum Gasteiger partial charge on any atom is -0.324 e. The lowest BCUT2D eigenvalue weighted by Gasteiger charge is -2.20. The summed E-state index contributed by atoms with van der Waals surface area (Å²) >= 11 is 0. The smallest absolute Gasteiger partial charge is 0.0316 e. The summed E-state index contributed by atoms with van der Waals surface area (Å²) in [6, 6.07) is 8.74. The second-order valence-corrected chi connectivity index (χ2v) is 5.46. The maximum absolute atomic E-state index is 6.37. The van der Waals surface area contributed by atoms with Crippen LogP contribution in [0.15, 0.2) is 24.3 Å². The number of benzene rings is 1. The van der Waals surface area contributed by atoms with Crippen LogP contribution in [0.25, 0.3) is 0 Å². The topological polar surface area (TPSA) is 29.3 Å². The number of nitrogens with zero attached hydrogens (tertiary/aromatic N) is 1. The van der Waals surface area contributed by atoms with Crippen LogP contribution in [0.1, 0.15) is 30.9 Å². The van der Waals surface area contributed by atoms with Crippen LogP contribution in [0.5, 0.6) is 0 Å². The number of nitrogens with two attached hydrogens (primary N) is 1. The fourth-order valence-corrected chi connectivity index (χ4v) is 3.08. The summed E-state index contributed by atoms with van der Waals surface area (Å²) in [6.07, 6.45) is 2.45. The van der Waals surface area contributed by atoms with E-state index in [9.17, 15) is 0 Å². The van der Waals surface area contributed by atoms with Gasteiger partial charge >= 0.3 is 0 Å². The molecule has 2 N–H and O–H groups in total. The van der Waals surface area contributed by atoms with Crippen molar-refractivity contribution in [1.29, 1.82) is 0 Å². The Bertz CT molecular complexity index is 376. The molecule has 0 bridgehead atoms. The molecule has 1 fully saturated rings. The fraction of sp³-hybridized carbons (Fsp3) is 0.571. The Morgan fingerprint density at radius 2 is 1.94 bits per heavy atom. The minimum absolute atomic E-state index is 0.122. The first-order valence-electron chi connectivity index (χ1n) is 6.29. The first-order valence-corrected chi connectivity index (χ1v) is 6.29. The SMILES string of the molecule is CCC1CC1(N)CN1Cc2ccccc2C1. The molecule has 2 unspecified atom stereocenters. The molecule has 86 valence electrons. The highest BCUT2D eigenvalue weighted by Gasteiger charge is 2.50. The highest BCUT2D eigenvalue weighted by atomic mass is 15.2. The van der Waals surface area contributed by atoms with Gasteiger partial charge in [0, 0.05) is 25.2 Å². The van der Waals surface area contributed by atoms with Crippen LogP contribution in [0.3, 0.4) is 0 Å². The molecule has 2 aliphatic rings. The second-order valence-electron chi connectivity index (χ2n) is 5.46. The largest absolute Gasteiger partial charge is 0.324 e. The van der Waals surface area contributed by atoms with E-state index < -0.39 is 0 Å². The molecule has 2 nitrogen and oxygen atoms in total. The van der Waals surface area contributed by atoms with Gasteiger partial charge in [0.15, 0.2) is 0 Å². The Morgan fingerprint density at radius 3 is 2.44 bits per heavy atom. The highest BCUT2D eigenvalue weighted by Crippen LogP contribution is 2.44. The molecule has 1 aromatic rings. The van der Waals surface area contributed by atoms with Crippen molar-refractivity contribution in [1.82, 2.24) is 4.90 Å². The average molecular weight is 216 g/mol. The fourth-order valence-electron chi connectivity index (χ4n) is 3.08. The zero-order valence-electron chi connectivity index (χ0n) is 9.95. The van der Waals surface area contributed by atoms with E-state index in [1.165, 1.54) is 24.0 Å². The van der Waals surface area contributed by atoms with E-state index in [4.69, 9.17) is 5.73 Å². The first kappa shape index (κ1) is 10.3. The van der Waals surface area contributed by atoms with Gasteiger partial charge in [-0.25, -0.2) is 0 Å². The van der Waals surface area contributed by atoms with E-state index in [0.717, 1.165) is 25.6 Å². The van der Waals surface area contributed by atoms with Gasteiger partial charge in [0.2, 0.25) is 0 Å². The number of rotatable bonds is 3. The van der Waals surface area contributed by atoms with Crippen LogP contribution in [0, 0.1) is 5.92 Å². The van der Waals surface area contributed by atoms with E-state index in [1.807, 2.05) is 0 Å². The molecule has 16 heavy (non-hydrogen) atoms. The number of fused-ring (bicyclic) bond motifs is 1. The molecule has 1 aliphatic carbocycles. The molecule has 0 amide bonds. The molecule has 1 aliphatic heterocycles. The van der Waals surface area contributed by atoms with Gasteiger partial charge in [0.1, 0.15) is 0 Å². The summed E-state index contributed by atoms with van der Waals surface area (Å²) in [5.74, 6) is 0.760. The van der Waals surface area contributed by atoms with Crippen LogP contribution in [-0.2, 0) is 13.1 Å². The van der Waals surface area contributed by atoms with Crippen LogP contribution < -0.4 is 5.73 Å². The Kier molecular flexibility index (Phi) is 2.30. The molecule has 0 spiro atoms. The predicted molar refractivity (Wildman–Crippen MR) is 65.9 cm³/mol. The van der Waals surface area contributed by atoms with Crippen molar-refractivity contribution in [2.24, 2.45) is 11.7 Å². The van der Waals surface area contributed by atoms with Crippen molar-refractivity contribution < 1.29 is 0 Å². The van der Waals surface area contributed by atoms with Crippen molar-refractivity contribution in [3.8, 4) is 0 Å². The van der Waals surface area contributed by atoms with E-state index in [2.05, 4.69) is 36.1 Å². The summed E-state index contributed by atoms with van der Waals surface area (Å²) in [5, 5.41) is 0. The van der Waals surface area contributed by atoms with E-state index in [1.54, 1.807) is 0 Å². The molecule has 1 heterocycles. The van der Waals surface area contributed by atoms with Gasteiger partial charge in [0.05, 0.1) is 0 Å². The first-order chi connectivity index (χ1) is 7.71. The van der Waals surface area contributed by atoms with Gasteiger partial charge < -0.3 is 5.73 Å². The highest BCUT2D eigenvalue weighted by molar-refractivity contribution is 5.30. The van der Waals surface area contributed by atoms with Crippen LogP contribution in [-0.4, -0.2) is 17.0 Å². The summed E-state index contributed by atoms with van der Waals surface area (Å²) < 4.78 is 0. The molecule has 0 radical (unpaired) electrons. The summed E-state index contributed by atoms with van der Waals surface area (Å²) in [7, 11) is 0. The Morgan fingerprint density at radius 1 is 1.31 bits per heavy atom. The van der Waals surface area contributed by atoms with Gasteiger partial charge in [-0.05, 0) is 23.5 Å². The third kappa shape index (κ3) is 1.66. The monoisotopic (exact) mass is 216 g/mol. The lowest BCUT2D eigenvalue weighted by atomic mass is 10.1. The average Bonchev–Trinajstić information content (AvgIpc) is 2.74. The molecule has 0 aromatic heterocycles. The summed E-state index contributed by atoms with van der Waals surface area (Å²) in [6.45, 7) is 5.50. The standard InChI is InChI=1S/C14H20N2/c1-2-13-7-14(13,15)10-16-8-11-5-3-4-6-12(11)9-16/h3-6,13H,2,7-10,15H2,1H3. The Balaban J connectivity index is 1.65. The maximum atomic E-state index is 6.37. The van der Waals surface area contributed by atoms with Crippen LogP contribution >= 0.6 is 0 Å². The number of hydrogen-bond acceptors (Lipinski definition) is 2. The van der Waals surface area contributed by atoms with Crippen LogP contribution in [0.4, 0.5) is 0 Å². The Labute approximate surface area is 97.4 Å². The van der Waals surface area contributed by atoms with Crippen LogP contribution in [0.2, 0.25) is 0 Å². The van der Waals surface area contributed by atoms with Gasteiger partial charge in [0.25, 0.3) is 0 Å².